The highest BCUT2D eigenvalue weighted by atomic mass is 32.1. The van der Waals surface area contributed by atoms with Crippen LogP contribution in [-0.4, -0.2) is 4.98 Å². The van der Waals surface area contributed by atoms with Crippen molar-refractivity contribution in [2.24, 2.45) is 5.73 Å². The molecule has 2 rings (SSSR count). The molecule has 3 heteroatoms. The summed E-state index contributed by atoms with van der Waals surface area (Å²) in [6.07, 6.45) is 1.80. The summed E-state index contributed by atoms with van der Waals surface area (Å²) in [5.41, 5.74) is 8.80. The standard InChI is InChI=1S/C14H18N2S/c1-14(2,3)11-6-4-10(5-7-11)12(15)13-16-8-9-17-13/h4-9,12H,15H2,1-3H3. The summed E-state index contributed by atoms with van der Waals surface area (Å²) >= 11 is 1.60. The van der Waals surface area contributed by atoms with Crippen molar-refractivity contribution in [2.45, 2.75) is 32.2 Å². The van der Waals surface area contributed by atoms with Gasteiger partial charge >= 0.3 is 0 Å². The van der Waals surface area contributed by atoms with Crippen LogP contribution in [0.2, 0.25) is 0 Å². The highest BCUT2D eigenvalue weighted by Gasteiger charge is 2.15. The molecule has 90 valence electrons. The molecule has 2 N–H and O–H groups in total. The first-order chi connectivity index (χ1) is 7.98. The van der Waals surface area contributed by atoms with Crippen molar-refractivity contribution in [1.29, 1.82) is 0 Å². The van der Waals surface area contributed by atoms with Crippen LogP contribution in [0.25, 0.3) is 0 Å². The SMILES string of the molecule is CC(C)(C)c1ccc(C(N)c2nccs2)cc1. The molecule has 0 bridgehead atoms. The first kappa shape index (κ1) is 12.3. The van der Waals surface area contributed by atoms with Gasteiger partial charge in [-0.2, -0.15) is 0 Å². The van der Waals surface area contributed by atoms with Gasteiger partial charge in [-0.15, -0.1) is 11.3 Å². The Bertz CT molecular complexity index is 466. The van der Waals surface area contributed by atoms with Crippen LogP contribution in [0.4, 0.5) is 0 Å². The third kappa shape index (κ3) is 2.73. The summed E-state index contributed by atoms with van der Waals surface area (Å²) in [5, 5.41) is 2.92. The molecule has 0 fully saturated rings. The Balaban J connectivity index is 2.24. The third-order valence-corrected chi connectivity index (χ3v) is 3.71. The van der Waals surface area contributed by atoms with Crippen LogP contribution in [0.15, 0.2) is 35.8 Å². The van der Waals surface area contributed by atoms with Gasteiger partial charge in [0.15, 0.2) is 0 Å². The Morgan fingerprint density at radius 3 is 2.29 bits per heavy atom. The van der Waals surface area contributed by atoms with Crippen LogP contribution in [0, 0.1) is 0 Å². The molecule has 0 amide bonds. The van der Waals surface area contributed by atoms with Gasteiger partial charge in [0.05, 0.1) is 6.04 Å². The summed E-state index contributed by atoms with van der Waals surface area (Å²) in [5.74, 6) is 0. The molecule has 2 aromatic rings. The fourth-order valence-corrected chi connectivity index (χ4v) is 2.39. The van der Waals surface area contributed by atoms with E-state index >= 15 is 0 Å². The molecule has 1 aromatic carbocycles. The predicted molar refractivity (Wildman–Crippen MR) is 73.3 cm³/mol. The normalized spacial score (nSPS) is 13.6. The number of aromatic nitrogens is 1. The molecular weight excluding hydrogens is 228 g/mol. The molecule has 17 heavy (non-hydrogen) atoms. The Morgan fingerprint density at radius 1 is 1.18 bits per heavy atom. The monoisotopic (exact) mass is 246 g/mol. The number of hydrogen-bond donors (Lipinski definition) is 1. The van der Waals surface area contributed by atoms with Crippen LogP contribution in [0.1, 0.15) is 42.9 Å². The summed E-state index contributed by atoms with van der Waals surface area (Å²) < 4.78 is 0. The van der Waals surface area contributed by atoms with Gasteiger partial charge in [-0.1, -0.05) is 45.0 Å². The molecule has 1 atom stereocenters. The maximum Gasteiger partial charge on any atom is 0.114 e. The highest BCUT2D eigenvalue weighted by Crippen LogP contribution is 2.26. The number of thiazole rings is 1. The van der Waals surface area contributed by atoms with E-state index in [2.05, 4.69) is 50.0 Å². The lowest BCUT2D eigenvalue weighted by Crippen LogP contribution is -2.14. The van der Waals surface area contributed by atoms with Crippen molar-refractivity contribution in [3.05, 3.63) is 52.0 Å². The van der Waals surface area contributed by atoms with E-state index in [9.17, 15) is 0 Å². The average Bonchev–Trinajstić information content (AvgIpc) is 2.80. The van der Waals surface area contributed by atoms with Crippen molar-refractivity contribution in [1.82, 2.24) is 4.98 Å². The summed E-state index contributed by atoms with van der Waals surface area (Å²) in [7, 11) is 0. The lowest BCUT2D eigenvalue weighted by molar-refractivity contribution is 0.589. The summed E-state index contributed by atoms with van der Waals surface area (Å²) in [4.78, 5) is 4.26. The largest absolute Gasteiger partial charge is 0.318 e. The molecule has 0 radical (unpaired) electrons. The van der Waals surface area contributed by atoms with Crippen molar-refractivity contribution in [2.75, 3.05) is 0 Å². The van der Waals surface area contributed by atoms with Crippen LogP contribution in [0.3, 0.4) is 0 Å². The highest BCUT2D eigenvalue weighted by molar-refractivity contribution is 7.09. The minimum Gasteiger partial charge on any atom is -0.318 e. The fraction of sp³-hybridized carbons (Fsp3) is 0.357. The molecule has 0 aliphatic carbocycles. The number of nitrogens with two attached hydrogens (primary N) is 1. The Kier molecular flexibility index (Phi) is 3.31. The molecule has 1 aromatic heterocycles. The number of nitrogens with zero attached hydrogens (tertiary/aromatic N) is 1. The first-order valence-corrected chi connectivity index (χ1v) is 6.62. The number of hydrogen-bond acceptors (Lipinski definition) is 3. The summed E-state index contributed by atoms with van der Waals surface area (Å²) in [6.45, 7) is 6.63. The van der Waals surface area contributed by atoms with Gasteiger partial charge in [-0.25, -0.2) is 4.98 Å². The van der Waals surface area contributed by atoms with E-state index < -0.39 is 0 Å². The van der Waals surface area contributed by atoms with E-state index in [1.807, 2.05) is 5.38 Å². The minimum absolute atomic E-state index is 0.107. The molecule has 0 aliphatic rings. The van der Waals surface area contributed by atoms with Crippen LogP contribution in [-0.2, 0) is 5.41 Å². The second-order valence-electron chi connectivity index (χ2n) is 5.22. The third-order valence-electron chi connectivity index (χ3n) is 2.85. The van der Waals surface area contributed by atoms with Gasteiger partial charge in [0, 0.05) is 11.6 Å². The van der Waals surface area contributed by atoms with Crippen molar-refractivity contribution < 1.29 is 0 Å². The van der Waals surface area contributed by atoms with E-state index in [4.69, 9.17) is 5.73 Å². The van der Waals surface area contributed by atoms with E-state index in [-0.39, 0.29) is 11.5 Å². The number of rotatable bonds is 2. The molecule has 0 saturated heterocycles. The van der Waals surface area contributed by atoms with Crippen LogP contribution < -0.4 is 5.73 Å². The van der Waals surface area contributed by atoms with E-state index in [0.29, 0.717) is 0 Å². The topological polar surface area (TPSA) is 38.9 Å². The van der Waals surface area contributed by atoms with Crippen LogP contribution >= 0.6 is 11.3 Å². The second kappa shape index (κ2) is 4.59. The van der Waals surface area contributed by atoms with Gasteiger partial charge in [0.2, 0.25) is 0 Å². The van der Waals surface area contributed by atoms with Crippen molar-refractivity contribution in [3.63, 3.8) is 0 Å². The Hall–Kier alpha value is -1.19. The summed E-state index contributed by atoms with van der Waals surface area (Å²) in [6, 6.07) is 8.41. The molecule has 0 spiro atoms. The molecule has 1 unspecified atom stereocenters. The molecule has 0 aliphatic heterocycles. The molecule has 2 nitrogen and oxygen atoms in total. The zero-order chi connectivity index (χ0) is 12.5. The van der Waals surface area contributed by atoms with Gasteiger partial charge in [-0.05, 0) is 16.5 Å². The van der Waals surface area contributed by atoms with E-state index in [1.54, 1.807) is 17.5 Å². The minimum atomic E-state index is -0.107. The molecular formula is C14H18N2S. The maximum absolute atomic E-state index is 6.17. The number of benzene rings is 1. The zero-order valence-electron chi connectivity index (χ0n) is 10.5. The van der Waals surface area contributed by atoms with Crippen molar-refractivity contribution >= 4 is 11.3 Å². The quantitative estimate of drug-likeness (QED) is 0.881. The Morgan fingerprint density at radius 2 is 1.82 bits per heavy atom. The molecule has 0 saturated carbocycles. The smallest absolute Gasteiger partial charge is 0.114 e. The van der Waals surface area contributed by atoms with Gasteiger partial charge in [0.25, 0.3) is 0 Å². The van der Waals surface area contributed by atoms with Crippen LogP contribution in [0.5, 0.6) is 0 Å². The average molecular weight is 246 g/mol. The Labute approximate surface area is 107 Å². The van der Waals surface area contributed by atoms with Gasteiger partial charge < -0.3 is 5.73 Å². The van der Waals surface area contributed by atoms with Gasteiger partial charge in [-0.3, -0.25) is 0 Å². The van der Waals surface area contributed by atoms with Gasteiger partial charge in [0.1, 0.15) is 5.01 Å². The van der Waals surface area contributed by atoms with E-state index in [0.717, 1.165) is 10.6 Å². The zero-order valence-corrected chi connectivity index (χ0v) is 11.3. The lowest BCUT2D eigenvalue weighted by atomic mass is 9.86. The van der Waals surface area contributed by atoms with Crippen molar-refractivity contribution in [3.8, 4) is 0 Å². The lowest BCUT2D eigenvalue weighted by Gasteiger charge is -2.19. The molecule has 1 heterocycles. The maximum atomic E-state index is 6.17. The predicted octanol–water partition coefficient (Wildman–Crippen LogP) is 3.49. The second-order valence-corrected chi connectivity index (χ2v) is 6.15. The van der Waals surface area contributed by atoms with E-state index in [1.165, 1.54) is 5.56 Å². The first-order valence-electron chi connectivity index (χ1n) is 5.74. The fourth-order valence-electron chi connectivity index (χ4n) is 1.72.